The van der Waals surface area contributed by atoms with Gasteiger partial charge < -0.3 is 14.4 Å². The summed E-state index contributed by atoms with van der Waals surface area (Å²) in [7, 11) is 0. The molecule has 1 aromatic carbocycles. The Kier molecular flexibility index (Phi) is 4.07. The SMILES string of the molecule is CCCCC(=O)N1C[C@H](c2ccc3c(c2)OCO3)[C@H]2[C@@H]1C1CCN2CC1. The Morgan fingerprint density at radius 1 is 1.15 bits per heavy atom. The van der Waals surface area contributed by atoms with Crippen LogP contribution >= 0.6 is 0 Å². The van der Waals surface area contributed by atoms with Gasteiger partial charge in [0.2, 0.25) is 12.7 Å². The summed E-state index contributed by atoms with van der Waals surface area (Å²) < 4.78 is 11.1. The zero-order valence-corrected chi connectivity index (χ0v) is 15.5. The molecule has 0 aliphatic carbocycles. The Bertz CT molecular complexity index is 698. The Morgan fingerprint density at radius 3 is 2.77 bits per heavy atom. The zero-order chi connectivity index (χ0) is 17.7. The van der Waals surface area contributed by atoms with Gasteiger partial charge in [0, 0.05) is 24.9 Å². The summed E-state index contributed by atoms with van der Waals surface area (Å²) in [6, 6.07) is 7.22. The van der Waals surface area contributed by atoms with Crippen molar-refractivity contribution in [2.45, 2.75) is 57.0 Å². The number of piperidine rings is 3. The van der Waals surface area contributed by atoms with E-state index in [0.717, 1.165) is 30.9 Å². The molecule has 5 aliphatic heterocycles. The van der Waals surface area contributed by atoms with Crippen molar-refractivity contribution >= 4 is 5.91 Å². The van der Waals surface area contributed by atoms with Crippen LogP contribution in [0.25, 0.3) is 0 Å². The first-order chi connectivity index (χ1) is 12.8. The van der Waals surface area contributed by atoms with Gasteiger partial charge in [-0.15, -0.1) is 0 Å². The summed E-state index contributed by atoms with van der Waals surface area (Å²) in [6.07, 6.45) is 5.25. The molecule has 26 heavy (non-hydrogen) atoms. The predicted molar refractivity (Wildman–Crippen MR) is 98.4 cm³/mol. The van der Waals surface area contributed by atoms with Crippen molar-refractivity contribution in [3.05, 3.63) is 23.8 Å². The van der Waals surface area contributed by atoms with E-state index in [-0.39, 0.29) is 0 Å². The quantitative estimate of drug-likeness (QED) is 0.832. The molecule has 0 aromatic heterocycles. The van der Waals surface area contributed by atoms with E-state index in [4.69, 9.17) is 9.47 Å². The van der Waals surface area contributed by atoms with Crippen LogP contribution in [-0.2, 0) is 4.79 Å². The van der Waals surface area contributed by atoms with Crippen LogP contribution in [0.15, 0.2) is 18.2 Å². The van der Waals surface area contributed by atoms with Gasteiger partial charge in [-0.2, -0.15) is 0 Å². The number of carbonyl (C=O) groups excluding carboxylic acids is 1. The van der Waals surface area contributed by atoms with Gasteiger partial charge in [-0.25, -0.2) is 0 Å². The molecule has 2 bridgehead atoms. The predicted octanol–water partition coefficient (Wildman–Crippen LogP) is 2.99. The average molecular weight is 356 g/mol. The third kappa shape index (κ3) is 2.51. The Balaban J connectivity index is 1.47. The van der Waals surface area contributed by atoms with E-state index >= 15 is 0 Å². The lowest BCUT2D eigenvalue weighted by Crippen LogP contribution is -2.60. The van der Waals surface area contributed by atoms with E-state index in [1.54, 1.807) is 0 Å². The number of hydrogen-bond donors (Lipinski definition) is 0. The van der Waals surface area contributed by atoms with Gasteiger partial charge in [0.25, 0.3) is 0 Å². The minimum Gasteiger partial charge on any atom is -0.454 e. The standard InChI is InChI=1S/C21H28N2O3/c1-2-3-4-19(24)23-12-16(15-5-6-17-18(11-15)26-13-25-17)21-20(23)14-7-9-22(21)10-8-14/h5-6,11,14,16,20-21H,2-4,7-10,12-13H2,1H3/t16-,20+,21+/m1/s1. The van der Waals surface area contributed by atoms with Gasteiger partial charge in [-0.05, 0) is 56.0 Å². The van der Waals surface area contributed by atoms with Crippen molar-refractivity contribution in [1.29, 1.82) is 0 Å². The molecule has 1 aromatic rings. The molecule has 0 radical (unpaired) electrons. The highest BCUT2D eigenvalue weighted by atomic mass is 16.7. The summed E-state index contributed by atoms with van der Waals surface area (Å²) in [5.41, 5.74) is 1.29. The van der Waals surface area contributed by atoms with Crippen LogP contribution in [0.5, 0.6) is 11.5 Å². The van der Waals surface area contributed by atoms with Crippen molar-refractivity contribution < 1.29 is 14.3 Å². The lowest BCUT2D eigenvalue weighted by Gasteiger charge is -2.51. The fourth-order valence-electron chi connectivity index (χ4n) is 5.61. The summed E-state index contributed by atoms with van der Waals surface area (Å²) >= 11 is 0. The fourth-order valence-corrected chi connectivity index (χ4v) is 5.61. The minimum absolute atomic E-state index is 0.311. The second-order valence-electron chi connectivity index (χ2n) is 8.22. The topological polar surface area (TPSA) is 42.0 Å². The maximum absolute atomic E-state index is 13.0. The molecule has 0 saturated carbocycles. The number of carbonyl (C=O) groups is 1. The Morgan fingerprint density at radius 2 is 1.96 bits per heavy atom. The van der Waals surface area contributed by atoms with Crippen molar-refractivity contribution in [3.8, 4) is 11.5 Å². The molecule has 5 nitrogen and oxygen atoms in total. The van der Waals surface area contributed by atoms with E-state index in [1.165, 1.54) is 31.5 Å². The molecule has 5 heterocycles. The highest BCUT2D eigenvalue weighted by molar-refractivity contribution is 5.77. The van der Waals surface area contributed by atoms with Gasteiger partial charge in [0.1, 0.15) is 0 Å². The Labute approximate surface area is 155 Å². The number of amides is 1. The van der Waals surface area contributed by atoms with Crippen molar-refractivity contribution in [1.82, 2.24) is 9.80 Å². The number of benzene rings is 1. The van der Waals surface area contributed by atoms with E-state index in [9.17, 15) is 4.79 Å². The lowest BCUT2D eigenvalue weighted by atomic mass is 9.75. The van der Waals surface area contributed by atoms with Gasteiger partial charge >= 0.3 is 0 Å². The van der Waals surface area contributed by atoms with Crippen LogP contribution in [0.2, 0.25) is 0 Å². The van der Waals surface area contributed by atoms with Crippen molar-refractivity contribution in [3.63, 3.8) is 0 Å². The van der Waals surface area contributed by atoms with Crippen LogP contribution in [0.3, 0.4) is 0 Å². The van der Waals surface area contributed by atoms with E-state index < -0.39 is 0 Å². The van der Waals surface area contributed by atoms with Gasteiger partial charge in [-0.1, -0.05) is 19.4 Å². The second-order valence-corrected chi connectivity index (χ2v) is 8.22. The summed E-state index contributed by atoms with van der Waals surface area (Å²) in [6.45, 7) is 5.69. The molecule has 6 rings (SSSR count). The first-order valence-corrected chi connectivity index (χ1v) is 10.2. The van der Waals surface area contributed by atoms with E-state index in [0.29, 0.717) is 43.0 Å². The van der Waals surface area contributed by atoms with Crippen molar-refractivity contribution in [2.75, 3.05) is 26.4 Å². The first kappa shape index (κ1) is 16.4. The maximum atomic E-state index is 13.0. The molecular formula is C21H28N2O3. The number of ether oxygens (including phenoxy) is 2. The molecule has 4 saturated heterocycles. The largest absolute Gasteiger partial charge is 0.454 e. The zero-order valence-electron chi connectivity index (χ0n) is 15.5. The molecule has 0 N–H and O–H groups in total. The molecule has 1 amide bonds. The van der Waals surface area contributed by atoms with Crippen LogP contribution in [-0.4, -0.2) is 54.2 Å². The third-order valence-corrected chi connectivity index (χ3v) is 6.88. The molecular weight excluding hydrogens is 328 g/mol. The first-order valence-electron chi connectivity index (χ1n) is 10.2. The summed E-state index contributed by atoms with van der Waals surface area (Å²) in [4.78, 5) is 17.8. The number of rotatable bonds is 4. The number of nitrogens with zero attached hydrogens (tertiary/aromatic N) is 2. The average Bonchev–Trinajstić information content (AvgIpc) is 3.32. The van der Waals surface area contributed by atoms with E-state index in [1.807, 2.05) is 6.07 Å². The van der Waals surface area contributed by atoms with Gasteiger partial charge in [0.05, 0.1) is 6.04 Å². The second kappa shape index (κ2) is 6.45. The maximum Gasteiger partial charge on any atom is 0.231 e. The fraction of sp³-hybridized carbons (Fsp3) is 0.667. The van der Waals surface area contributed by atoms with Crippen LogP contribution in [0.1, 0.15) is 50.5 Å². The third-order valence-electron chi connectivity index (χ3n) is 6.88. The molecule has 0 spiro atoms. The van der Waals surface area contributed by atoms with Crippen LogP contribution in [0, 0.1) is 5.92 Å². The minimum atomic E-state index is 0.311. The highest BCUT2D eigenvalue weighted by Gasteiger charge is 2.54. The van der Waals surface area contributed by atoms with E-state index in [2.05, 4.69) is 28.9 Å². The molecule has 5 aliphatic rings. The number of unbranched alkanes of at least 4 members (excludes halogenated alkanes) is 1. The molecule has 140 valence electrons. The lowest BCUT2D eigenvalue weighted by molar-refractivity contribution is -0.136. The summed E-state index contributed by atoms with van der Waals surface area (Å²) in [5.74, 6) is 3.10. The molecule has 5 heteroatoms. The highest BCUT2D eigenvalue weighted by Crippen LogP contribution is 2.48. The Hall–Kier alpha value is -1.75. The normalized spacial score (nSPS) is 34.2. The number of likely N-dealkylation sites (tertiary alicyclic amines) is 1. The number of fused-ring (bicyclic) bond motifs is 3. The molecule has 4 fully saturated rings. The van der Waals surface area contributed by atoms with Gasteiger partial charge in [-0.3, -0.25) is 9.69 Å². The monoisotopic (exact) mass is 356 g/mol. The molecule has 3 atom stereocenters. The number of hydrogen-bond acceptors (Lipinski definition) is 4. The molecule has 0 unspecified atom stereocenters. The van der Waals surface area contributed by atoms with Crippen LogP contribution < -0.4 is 9.47 Å². The smallest absolute Gasteiger partial charge is 0.231 e. The van der Waals surface area contributed by atoms with Gasteiger partial charge in [0.15, 0.2) is 11.5 Å². The van der Waals surface area contributed by atoms with Crippen LogP contribution in [0.4, 0.5) is 0 Å². The summed E-state index contributed by atoms with van der Waals surface area (Å²) in [5, 5.41) is 0. The van der Waals surface area contributed by atoms with Crippen molar-refractivity contribution in [2.24, 2.45) is 5.92 Å².